The maximum Gasteiger partial charge on any atom is 0.282 e. The molecule has 0 spiro atoms. The number of fused-ring (bicyclic) bond motifs is 1. The molecule has 0 amide bonds. The largest absolute Gasteiger partial charge is 0.374 e. The number of ether oxygens (including phenoxy) is 7. The fourth-order valence-corrected chi connectivity index (χ4v) is 4.61. The molecule has 5 rings (SSSR count). The monoisotopic (exact) mass is 506 g/mol. The molecule has 0 aliphatic carbocycles. The van der Waals surface area contributed by atoms with E-state index in [-0.39, 0.29) is 0 Å². The van der Waals surface area contributed by atoms with E-state index in [1.165, 1.54) is 0 Å². The van der Waals surface area contributed by atoms with Gasteiger partial charge in [-0.15, -0.1) is 0 Å². The summed E-state index contributed by atoms with van der Waals surface area (Å²) in [6.07, 6.45) is -2.63. The summed E-state index contributed by atoms with van der Waals surface area (Å²) in [7, 11) is 1.54. The Bertz CT molecular complexity index is 1080. The van der Waals surface area contributed by atoms with Crippen molar-refractivity contribution < 1.29 is 33.2 Å². The van der Waals surface area contributed by atoms with Crippen molar-refractivity contribution in [3.63, 3.8) is 0 Å². The summed E-state index contributed by atoms with van der Waals surface area (Å²) in [6, 6.07) is 30.1. The predicted molar refractivity (Wildman–Crippen MR) is 136 cm³/mol. The van der Waals surface area contributed by atoms with Gasteiger partial charge in [0.05, 0.1) is 26.4 Å². The first-order valence-electron chi connectivity index (χ1n) is 12.6. The lowest BCUT2D eigenvalue weighted by Gasteiger charge is -2.42. The van der Waals surface area contributed by atoms with Crippen LogP contribution in [-0.4, -0.2) is 50.4 Å². The first-order valence-corrected chi connectivity index (χ1v) is 12.6. The van der Waals surface area contributed by atoms with E-state index < -0.39 is 36.7 Å². The van der Waals surface area contributed by atoms with Crippen LogP contribution in [-0.2, 0) is 53.0 Å². The van der Waals surface area contributed by atoms with Gasteiger partial charge in [-0.25, -0.2) is 0 Å². The number of rotatable bonds is 11. The van der Waals surface area contributed by atoms with Gasteiger partial charge in [0.1, 0.15) is 24.4 Å². The second kappa shape index (κ2) is 12.3. The molecule has 0 saturated carbocycles. The van der Waals surface area contributed by atoms with Gasteiger partial charge in [-0.3, -0.25) is 4.74 Å². The lowest BCUT2D eigenvalue weighted by Crippen LogP contribution is -2.59. The molecule has 0 N–H and O–H groups in total. The second-order valence-corrected chi connectivity index (χ2v) is 9.33. The lowest BCUT2D eigenvalue weighted by molar-refractivity contribution is -0.334. The zero-order valence-corrected chi connectivity index (χ0v) is 21.2. The Morgan fingerprint density at radius 1 is 0.676 bits per heavy atom. The van der Waals surface area contributed by atoms with Crippen LogP contribution < -0.4 is 0 Å². The van der Waals surface area contributed by atoms with Crippen LogP contribution in [0.15, 0.2) is 91.0 Å². The number of benzene rings is 3. The van der Waals surface area contributed by atoms with E-state index in [9.17, 15) is 0 Å². The zero-order chi connectivity index (χ0) is 25.5. The van der Waals surface area contributed by atoms with Crippen molar-refractivity contribution in [3.05, 3.63) is 108 Å². The van der Waals surface area contributed by atoms with Crippen molar-refractivity contribution in [2.24, 2.45) is 0 Å². The minimum absolute atomic E-state index is 0.301. The number of hydrogen-bond donors (Lipinski definition) is 0. The molecule has 2 aliphatic heterocycles. The van der Waals surface area contributed by atoms with Crippen LogP contribution in [0, 0.1) is 0 Å². The van der Waals surface area contributed by atoms with Crippen molar-refractivity contribution in [3.8, 4) is 0 Å². The fraction of sp³-hybridized carbons (Fsp3) is 0.400. The molecule has 3 aromatic rings. The molecule has 7 nitrogen and oxygen atoms in total. The zero-order valence-electron chi connectivity index (χ0n) is 21.2. The predicted octanol–water partition coefficient (Wildman–Crippen LogP) is 4.83. The maximum absolute atomic E-state index is 6.50. The molecule has 0 aromatic heterocycles. The first-order chi connectivity index (χ1) is 18.1. The van der Waals surface area contributed by atoms with E-state index >= 15 is 0 Å². The first kappa shape index (κ1) is 26.0. The fourth-order valence-electron chi connectivity index (χ4n) is 4.61. The van der Waals surface area contributed by atoms with Gasteiger partial charge in [-0.1, -0.05) is 91.0 Å². The molecule has 1 unspecified atom stereocenters. The van der Waals surface area contributed by atoms with Gasteiger partial charge in [0.25, 0.3) is 5.97 Å². The molecule has 0 radical (unpaired) electrons. The normalized spacial score (nSPS) is 29.2. The van der Waals surface area contributed by atoms with Gasteiger partial charge in [0.2, 0.25) is 0 Å². The number of methoxy groups -OCH3 is 1. The van der Waals surface area contributed by atoms with Crippen molar-refractivity contribution in [2.75, 3.05) is 13.7 Å². The quantitative estimate of drug-likeness (QED) is 0.369. The van der Waals surface area contributed by atoms with E-state index in [0.717, 1.165) is 16.7 Å². The van der Waals surface area contributed by atoms with Crippen LogP contribution in [0.3, 0.4) is 0 Å². The Labute approximate surface area is 218 Å². The van der Waals surface area contributed by atoms with E-state index in [1.54, 1.807) is 14.0 Å². The summed E-state index contributed by atoms with van der Waals surface area (Å²) in [4.78, 5) is 0. The van der Waals surface area contributed by atoms with Crippen LogP contribution in [0.5, 0.6) is 0 Å². The van der Waals surface area contributed by atoms with Crippen molar-refractivity contribution >= 4 is 0 Å². The number of hydrogen-bond acceptors (Lipinski definition) is 7. The Morgan fingerprint density at radius 3 is 1.73 bits per heavy atom. The second-order valence-electron chi connectivity index (χ2n) is 9.33. The molecule has 37 heavy (non-hydrogen) atoms. The highest BCUT2D eigenvalue weighted by Gasteiger charge is 2.57. The Kier molecular flexibility index (Phi) is 8.63. The summed E-state index contributed by atoms with van der Waals surface area (Å²) in [5, 5.41) is 0. The van der Waals surface area contributed by atoms with Gasteiger partial charge in [-0.2, -0.15) is 0 Å². The molecule has 6 atom stereocenters. The average Bonchev–Trinajstić information content (AvgIpc) is 3.29. The minimum atomic E-state index is -1.24. The average molecular weight is 507 g/mol. The molecular formula is C30H34O7. The highest BCUT2D eigenvalue weighted by atomic mass is 16.9. The standard InChI is InChI=1S/C30H34O7/c1-30(31-2)36-28-27(34-20-24-16-10-5-11-17-24)26(33-19-23-14-8-4-9-15-23)25(35-29(28)37-30)21-32-18-22-12-6-3-7-13-22/h3-17,25-29H,18-21H2,1-2H3/t25-,26-,27+,28+,29+,30?/m1/s1. The van der Waals surface area contributed by atoms with Gasteiger partial charge in [-0.05, 0) is 16.7 Å². The van der Waals surface area contributed by atoms with E-state index in [1.807, 2.05) is 91.0 Å². The summed E-state index contributed by atoms with van der Waals surface area (Å²) in [5.74, 6) is -1.24. The van der Waals surface area contributed by atoms with Crippen molar-refractivity contribution in [1.29, 1.82) is 0 Å². The third-order valence-corrected chi connectivity index (χ3v) is 6.61. The highest BCUT2D eigenvalue weighted by molar-refractivity contribution is 5.15. The summed E-state index contributed by atoms with van der Waals surface area (Å²) in [5.41, 5.74) is 3.19. The van der Waals surface area contributed by atoms with E-state index in [0.29, 0.717) is 26.4 Å². The molecule has 3 aromatic carbocycles. The highest BCUT2D eigenvalue weighted by Crippen LogP contribution is 2.39. The topological polar surface area (TPSA) is 64.6 Å². The van der Waals surface area contributed by atoms with Crippen LogP contribution >= 0.6 is 0 Å². The van der Waals surface area contributed by atoms with Gasteiger partial charge in [0, 0.05) is 14.0 Å². The maximum atomic E-state index is 6.50. The Morgan fingerprint density at radius 2 is 1.19 bits per heavy atom. The molecule has 2 saturated heterocycles. The molecule has 2 fully saturated rings. The molecule has 7 heteroatoms. The molecule has 0 bridgehead atoms. The van der Waals surface area contributed by atoms with Crippen LogP contribution in [0.2, 0.25) is 0 Å². The molecular weight excluding hydrogens is 472 g/mol. The van der Waals surface area contributed by atoms with Crippen LogP contribution in [0.4, 0.5) is 0 Å². The summed E-state index contributed by atoms with van der Waals surface area (Å²) in [6.45, 7) is 3.28. The SMILES string of the molecule is COC1(C)O[C@@H]2O[C@H](COCc3ccccc3)[C@@H](OCc3ccccc3)[C@H](OCc3ccccc3)[C@@H]2O1. The Hall–Kier alpha value is -2.62. The summed E-state index contributed by atoms with van der Waals surface area (Å²) >= 11 is 0. The van der Waals surface area contributed by atoms with Crippen LogP contribution in [0.1, 0.15) is 23.6 Å². The van der Waals surface area contributed by atoms with E-state index in [2.05, 4.69) is 0 Å². The third kappa shape index (κ3) is 6.64. The third-order valence-electron chi connectivity index (χ3n) is 6.61. The smallest absolute Gasteiger partial charge is 0.282 e. The van der Waals surface area contributed by atoms with E-state index in [4.69, 9.17) is 33.2 Å². The lowest BCUT2D eigenvalue weighted by atomic mass is 9.98. The van der Waals surface area contributed by atoms with Crippen molar-refractivity contribution in [2.45, 2.75) is 63.4 Å². The minimum Gasteiger partial charge on any atom is -0.374 e. The van der Waals surface area contributed by atoms with Gasteiger partial charge >= 0.3 is 0 Å². The molecule has 196 valence electrons. The van der Waals surface area contributed by atoms with Gasteiger partial charge in [0.15, 0.2) is 6.29 Å². The molecule has 2 aliphatic rings. The Balaban J connectivity index is 1.36. The summed E-state index contributed by atoms with van der Waals surface area (Å²) < 4.78 is 43.2. The molecule has 2 heterocycles. The van der Waals surface area contributed by atoms with Crippen molar-refractivity contribution in [1.82, 2.24) is 0 Å². The van der Waals surface area contributed by atoms with Gasteiger partial charge < -0.3 is 28.4 Å². The van der Waals surface area contributed by atoms with Crippen LogP contribution in [0.25, 0.3) is 0 Å².